The largest absolute Gasteiger partial charge is 0.478 e. The van der Waals surface area contributed by atoms with Crippen molar-refractivity contribution < 1.29 is 9.90 Å². The highest BCUT2D eigenvalue weighted by Gasteiger charge is 2.13. The molecule has 0 saturated heterocycles. The first-order valence-electron chi connectivity index (χ1n) is 6.56. The SMILES string of the molecule is Cc1ccc(CNc2nc3ccccc3cc2C(=O)O)s1. The van der Waals surface area contributed by atoms with Crippen molar-refractivity contribution in [1.82, 2.24) is 4.98 Å². The molecule has 0 bridgehead atoms. The van der Waals surface area contributed by atoms with Crippen LogP contribution in [-0.4, -0.2) is 16.1 Å². The summed E-state index contributed by atoms with van der Waals surface area (Å²) in [6, 6.07) is 13.2. The van der Waals surface area contributed by atoms with Crippen LogP contribution in [0.25, 0.3) is 10.9 Å². The van der Waals surface area contributed by atoms with E-state index in [9.17, 15) is 9.90 Å². The van der Waals surface area contributed by atoms with Crippen LogP contribution in [0.2, 0.25) is 0 Å². The van der Waals surface area contributed by atoms with Crippen molar-refractivity contribution in [2.75, 3.05) is 5.32 Å². The molecule has 2 aromatic heterocycles. The summed E-state index contributed by atoms with van der Waals surface area (Å²) in [6.07, 6.45) is 0. The number of nitrogens with one attached hydrogen (secondary N) is 1. The Balaban J connectivity index is 1.95. The van der Waals surface area contributed by atoms with Crippen molar-refractivity contribution in [1.29, 1.82) is 0 Å². The second kappa shape index (κ2) is 5.54. The number of aromatic nitrogens is 1. The lowest BCUT2D eigenvalue weighted by molar-refractivity contribution is 0.0697. The fourth-order valence-electron chi connectivity index (χ4n) is 2.16. The van der Waals surface area contributed by atoms with Gasteiger partial charge in [0.25, 0.3) is 0 Å². The van der Waals surface area contributed by atoms with Gasteiger partial charge in [-0.15, -0.1) is 11.3 Å². The van der Waals surface area contributed by atoms with Crippen molar-refractivity contribution in [2.45, 2.75) is 13.5 Å². The number of carboxylic acid groups (broad SMARTS) is 1. The van der Waals surface area contributed by atoms with E-state index in [-0.39, 0.29) is 5.56 Å². The van der Waals surface area contributed by atoms with Crippen LogP contribution < -0.4 is 5.32 Å². The monoisotopic (exact) mass is 298 g/mol. The Kier molecular flexibility index (Phi) is 3.58. The zero-order valence-electron chi connectivity index (χ0n) is 11.5. The number of anilines is 1. The van der Waals surface area contributed by atoms with E-state index >= 15 is 0 Å². The highest BCUT2D eigenvalue weighted by molar-refractivity contribution is 7.11. The molecule has 106 valence electrons. The number of carbonyl (C=O) groups is 1. The second-order valence-corrected chi connectivity index (χ2v) is 6.12. The summed E-state index contributed by atoms with van der Waals surface area (Å²) in [7, 11) is 0. The quantitative estimate of drug-likeness (QED) is 0.766. The van der Waals surface area contributed by atoms with Crippen LogP contribution in [0.15, 0.2) is 42.5 Å². The summed E-state index contributed by atoms with van der Waals surface area (Å²) in [4.78, 5) is 18.2. The maximum absolute atomic E-state index is 11.4. The third kappa shape index (κ3) is 2.87. The normalized spacial score (nSPS) is 10.7. The second-order valence-electron chi connectivity index (χ2n) is 4.75. The fraction of sp³-hybridized carbons (Fsp3) is 0.125. The maximum atomic E-state index is 11.4. The van der Waals surface area contributed by atoms with Gasteiger partial charge in [-0.3, -0.25) is 0 Å². The number of benzene rings is 1. The van der Waals surface area contributed by atoms with Crippen LogP contribution in [-0.2, 0) is 6.54 Å². The number of pyridine rings is 1. The van der Waals surface area contributed by atoms with E-state index < -0.39 is 5.97 Å². The number of nitrogens with zero attached hydrogens (tertiary/aromatic N) is 1. The molecule has 0 aliphatic heterocycles. The van der Waals surface area contributed by atoms with Gasteiger partial charge in [0.05, 0.1) is 12.1 Å². The van der Waals surface area contributed by atoms with Crippen molar-refractivity contribution in [3.05, 3.63) is 57.8 Å². The van der Waals surface area contributed by atoms with Crippen molar-refractivity contribution in [2.24, 2.45) is 0 Å². The molecule has 0 spiro atoms. The van der Waals surface area contributed by atoms with E-state index in [0.29, 0.717) is 12.4 Å². The van der Waals surface area contributed by atoms with E-state index in [0.717, 1.165) is 15.8 Å². The van der Waals surface area contributed by atoms with Crippen molar-refractivity contribution in [3.8, 4) is 0 Å². The van der Waals surface area contributed by atoms with Gasteiger partial charge in [0.15, 0.2) is 0 Å². The summed E-state index contributed by atoms with van der Waals surface area (Å²) in [6.45, 7) is 2.62. The molecule has 0 fully saturated rings. The first-order valence-corrected chi connectivity index (χ1v) is 7.37. The molecule has 0 radical (unpaired) electrons. The van der Waals surface area contributed by atoms with Gasteiger partial charge in [-0.05, 0) is 31.2 Å². The lowest BCUT2D eigenvalue weighted by Crippen LogP contribution is -2.08. The number of hydrogen-bond donors (Lipinski definition) is 2. The Morgan fingerprint density at radius 1 is 1.29 bits per heavy atom. The molecule has 0 unspecified atom stereocenters. The van der Waals surface area contributed by atoms with Gasteiger partial charge in [0.2, 0.25) is 0 Å². The van der Waals surface area contributed by atoms with Crippen LogP contribution in [0.4, 0.5) is 5.82 Å². The number of thiophene rings is 1. The summed E-state index contributed by atoms with van der Waals surface area (Å²) in [5, 5.41) is 13.3. The highest BCUT2D eigenvalue weighted by atomic mass is 32.1. The lowest BCUT2D eigenvalue weighted by atomic mass is 10.1. The van der Waals surface area contributed by atoms with Gasteiger partial charge in [-0.2, -0.15) is 0 Å². The average molecular weight is 298 g/mol. The van der Waals surface area contributed by atoms with E-state index in [4.69, 9.17) is 0 Å². The minimum atomic E-state index is -0.974. The van der Waals surface area contributed by atoms with Gasteiger partial charge in [0.1, 0.15) is 11.4 Å². The molecule has 3 rings (SSSR count). The Morgan fingerprint density at radius 2 is 2.10 bits per heavy atom. The summed E-state index contributed by atoms with van der Waals surface area (Å²) in [5.41, 5.74) is 0.981. The summed E-state index contributed by atoms with van der Waals surface area (Å²) < 4.78 is 0. The first kappa shape index (κ1) is 13.6. The molecule has 1 aromatic carbocycles. The van der Waals surface area contributed by atoms with Gasteiger partial charge in [0, 0.05) is 15.1 Å². The molecular formula is C16H14N2O2S. The third-order valence-corrected chi connectivity index (χ3v) is 4.18. The number of fused-ring (bicyclic) bond motifs is 1. The van der Waals surface area contributed by atoms with Gasteiger partial charge in [-0.25, -0.2) is 9.78 Å². The molecular weight excluding hydrogens is 284 g/mol. The molecule has 0 amide bonds. The molecule has 5 heteroatoms. The maximum Gasteiger partial charge on any atom is 0.339 e. The minimum absolute atomic E-state index is 0.196. The van der Waals surface area contributed by atoms with E-state index in [1.165, 1.54) is 4.88 Å². The first-order chi connectivity index (χ1) is 10.1. The number of aryl methyl sites for hydroxylation is 1. The molecule has 2 heterocycles. The van der Waals surface area contributed by atoms with Gasteiger partial charge in [-0.1, -0.05) is 18.2 Å². The van der Waals surface area contributed by atoms with Crippen LogP contribution >= 0.6 is 11.3 Å². The predicted molar refractivity (Wildman–Crippen MR) is 85.1 cm³/mol. The number of hydrogen-bond acceptors (Lipinski definition) is 4. The molecule has 0 aliphatic carbocycles. The Bertz CT molecular complexity index is 811. The minimum Gasteiger partial charge on any atom is -0.478 e. The van der Waals surface area contributed by atoms with Crippen molar-refractivity contribution in [3.63, 3.8) is 0 Å². The fourth-order valence-corrected chi connectivity index (χ4v) is 2.99. The zero-order chi connectivity index (χ0) is 14.8. The topological polar surface area (TPSA) is 62.2 Å². The smallest absolute Gasteiger partial charge is 0.339 e. The third-order valence-electron chi connectivity index (χ3n) is 3.18. The Morgan fingerprint density at radius 3 is 2.81 bits per heavy atom. The predicted octanol–water partition coefficient (Wildman–Crippen LogP) is 3.92. The zero-order valence-corrected chi connectivity index (χ0v) is 12.3. The van der Waals surface area contributed by atoms with Crippen LogP contribution in [0.3, 0.4) is 0 Å². The average Bonchev–Trinajstić information content (AvgIpc) is 2.89. The summed E-state index contributed by atoms with van der Waals surface area (Å²) >= 11 is 1.69. The molecule has 0 atom stereocenters. The van der Waals surface area contributed by atoms with Crippen LogP contribution in [0.1, 0.15) is 20.1 Å². The van der Waals surface area contributed by atoms with Gasteiger partial charge < -0.3 is 10.4 Å². The molecule has 3 aromatic rings. The molecule has 21 heavy (non-hydrogen) atoms. The number of aromatic carboxylic acids is 1. The van der Waals surface area contributed by atoms with E-state index in [2.05, 4.69) is 10.3 Å². The molecule has 4 nitrogen and oxygen atoms in total. The number of carboxylic acids is 1. The number of para-hydroxylation sites is 1. The van der Waals surface area contributed by atoms with E-state index in [1.807, 2.05) is 43.3 Å². The molecule has 0 aliphatic rings. The van der Waals surface area contributed by atoms with Gasteiger partial charge >= 0.3 is 5.97 Å². The molecule has 2 N–H and O–H groups in total. The molecule has 0 saturated carbocycles. The lowest BCUT2D eigenvalue weighted by Gasteiger charge is -2.09. The Hall–Kier alpha value is -2.40. The van der Waals surface area contributed by atoms with Crippen LogP contribution in [0, 0.1) is 6.92 Å². The van der Waals surface area contributed by atoms with Crippen molar-refractivity contribution >= 4 is 34.0 Å². The highest BCUT2D eigenvalue weighted by Crippen LogP contribution is 2.22. The Labute approximate surface area is 126 Å². The van der Waals surface area contributed by atoms with E-state index in [1.54, 1.807) is 17.4 Å². The van der Waals surface area contributed by atoms with Crippen LogP contribution in [0.5, 0.6) is 0 Å². The number of rotatable bonds is 4. The standard InChI is InChI=1S/C16H14N2O2S/c1-10-6-7-12(21-10)9-17-15-13(16(19)20)8-11-4-2-3-5-14(11)18-15/h2-8H,9H2,1H3,(H,17,18)(H,19,20). The summed E-state index contributed by atoms with van der Waals surface area (Å²) in [5.74, 6) is -0.564.